The summed E-state index contributed by atoms with van der Waals surface area (Å²) < 4.78 is 5.81. The molecule has 0 saturated carbocycles. The van der Waals surface area contributed by atoms with Crippen LogP contribution in [-0.2, 0) is 11.2 Å². The van der Waals surface area contributed by atoms with E-state index in [1.165, 1.54) is 22.9 Å². The van der Waals surface area contributed by atoms with E-state index in [4.69, 9.17) is 4.42 Å². The number of thioether (sulfide) groups is 1. The molecule has 150 valence electrons. The van der Waals surface area contributed by atoms with E-state index < -0.39 is 0 Å². The molecule has 3 aromatic rings. The smallest absolute Gasteiger partial charge is 0.277 e. The van der Waals surface area contributed by atoms with Crippen LogP contribution in [0.1, 0.15) is 48.1 Å². The van der Waals surface area contributed by atoms with Crippen molar-refractivity contribution >= 4 is 17.7 Å². The van der Waals surface area contributed by atoms with E-state index in [0.717, 1.165) is 36.0 Å². The second kappa shape index (κ2) is 8.41. The topological polar surface area (TPSA) is 68.0 Å². The quantitative estimate of drug-likeness (QED) is 0.601. The highest BCUT2D eigenvalue weighted by Crippen LogP contribution is 2.31. The van der Waals surface area contributed by atoms with Crippen LogP contribution in [0, 0.1) is 13.8 Å². The van der Waals surface area contributed by atoms with Gasteiger partial charge in [-0.1, -0.05) is 53.2 Å². The van der Waals surface area contributed by atoms with Crippen LogP contribution in [0.3, 0.4) is 0 Å². The molecule has 6 heteroatoms. The number of hydrogen-bond donors (Lipinski definition) is 1. The highest BCUT2D eigenvalue weighted by Gasteiger charge is 2.25. The van der Waals surface area contributed by atoms with Gasteiger partial charge in [-0.3, -0.25) is 4.79 Å². The van der Waals surface area contributed by atoms with Gasteiger partial charge in [0.05, 0.1) is 11.3 Å². The lowest BCUT2D eigenvalue weighted by atomic mass is 9.88. The summed E-state index contributed by atoms with van der Waals surface area (Å²) >= 11 is 1.29. The van der Waals surface area contributed by atoms with E-state index in [1.807, 2.05) is 39.0 Å². The lowest BCUT2D eigenvalue weighted by molar-refractivity contribution is -0.121. The summed E-state index contributed by atoms with van der Waals surface area (Å²) in [5.74, 6) is 0.468. The Bertz CT molecular complexity index is 1010. The number of benzene rings is 2. The van der Waals surface area contributed by atoms with Gasteiger partial charge < -0.3 is 9.73 Å². The first kappa shape index (κ1) is 19.7. The van der Waals surface area contributed by atoms with Gasteiger partial charge in [0.15, 0.2) is 0 Å². The predicted molar refractivity (Wildman–Crippen MR) is 115 cm³/mol. The molecule has 0 saturated heterocycles. The van der Waals surface area contributed by atoms with Crippen molar-refractivity contribution in [2.45, 2.75) is 56.5 Å². The molecule has 2 atom stereocenters. The number of carbonyl (C=O) groups excluding carboxylic acids is 1. The largest absolute Gasteiger partial charge is 0.411 e. The molecule has 1 heterocycles. The first-order valence-corrected chi connectivity index (χ1v) is 10.8. The maximum Gasteiger partial charge on any atom is 0.277 e. The third-order valence-corrected chi connectivity index (χ3v) is 6.14. The average molecular weight is 408 g/mol. The second-order valence-corrected chi connectivity index (χ2v) is 8.95. The molecule has 29 heavy (non-hydrogen) atoms. The Hall–Kier alpha value is -2.60. The van der Waals surface area contributed by atoms with E-state index in [-0.39, 0.29) is 17.2 Å². The molecule has 1 aliphatic rings. The summed E-state index contributed by atoms with van der Waals surface area (Å²) in [7, 11) is 0. The van der Waals surface area contributed by atoms with Crippen LogP contribution < -0.4 is 5.32 Å². The van der Waals surface area contributed by atoms with Crippen molar-refractivity contribution in [1.82, 2.24) is 15.5 Å². The third-order valence-electron chi connectivity index (χ3n) is 5.21. The molecule has 0 aliphatic heterocycles. The minimum absolute atomic E-state index is 0.0112. The number of nitrogens with zero attached hydrogens (tertiary/aromatic N) is 2. The van der Waals surface area contributed by atoms with Crippen LogP contribution in [0.25, 0.3) is 11.5 Å². The molecular weight excluding hydrogens is 382 g/mol. The van der Waals surface area contributed by atoms with Crippen LogP contribution in [0.5, 0.6) is 0 Å². The van der Waals surface area contributed by atoms with Crippen LogP contribution >= 0.6 is 11.8 Å². The van der Waals surface area contributed by atoms with Gasteiger partial charge in [0.1, 0.15) is 0 Å². The molecule has 0 radical (unpaired) electrons. The lowest BCUT2D eigenvalue weighted by Crippen LogP contribution is -2.35. The fraction of sp³-hybridized carbons (Fsp3) is 0.348. The number of nitrogens with one attached hydrogen (secondary N) is 1. The van der Waals surface area contributed by atoms with Gasteiger partial charge in [-0.05, 0) is 63.3 Å². The zero-order valence-electron chi connectivity index (χ0n) is 16.9. The Morgan fingerprint density at radius 3 is 2.72 bits per heavy atom. The van der Waals surface area contributed by atoms with Crippen molar-refractivity contribution in [2.75, 3.05) is 0 Å². The number of fused-ring (bicyclic) bond motifs is 1. The highest BCUT2D eigenvalue weighted by molar-refractivity contribution is 8.00. The SMILES string of the molecule is Cc1cc(C)cc(-c2nnc(S[C@H](C)C(=O)N[C@H]3CCCc4ccccc43)o2)c1. The number of amides is 1. The first-order valence-electron chi connectivity index (χ1n) is 9.96. The minimum Gasteiger partial charge on any atom is -0.411 e. The molecule has 1 N–H and O–H groups in total. The monoisotopic (exact) mass is 407 g/mol. The van der Waals surface area contributed by atoms with Crippen LogP contribution in [0.4, 0.5) is 0 Å². The molecule has 1 aromatic heterocycles. The van der Waals surface area contributed by atoms with Crippen molar-refractivity contribution in [1.29, 1.82) is 0 Å². The number of aryl methyl sites for hydroxylation is 3. The van der Waals surface area contributed by atoms with E-state index in [9.17, 15) is 4.79 Å². The molecule has 4 rings (SSSR count). The summed E-state index contributed by atoms with van der Waals surface area (Å²) in [6.45, 7) is 5.95. The minimum atomic E-state index is -0.323. The average Bonchev–Trinajstić information content (AvgIpc) is 3.16. The van der Waals surface area contributed by atoms with Crippen molar-refractivity contribution in [3.63, 3.8) is 0 Å². The summed E-state index contributed by atoms with van der Waals surface area (Å²) in [6, 6.07) is 14.6. The predicted octanol–water partition coefficient (Wildman–Crippen LogP) is 5.03. The number of rotatable bonds is 5. The van der Waals surface area contributed by atoms with E-state index >= 15 is 0 Å². The van der Waals surface area contributed by atoms with Crippen molar-refractivity contribution in [3.8, 4) is 11.5 Å². The van der Waals surface area contributed by atoms with Gasteiger partial charge in [-0.2, -0.15) is 0 Å². The third kappa shape index (κ3) is 4.53. The van der Waals surface area contributed by atoms with Crippen molar-refractivity contribution < 1.29 is 9.21 Å². The van der Waals surface area contributed by atoms with E-state index in [2.05, 4.69) is 39.8 Å². The molecule has 2 aromatic carbocycles. The maximum absolute atomic E-state index is 12.8. The van der Waals surface area contributed by atoms with Crippen LogP contribution in [-0.4, -0.2) is 21.4 Å². The molecule has 0 bridgehead atoms. The fourth-order valence-corrected chi connectivity index (χ4v) is 4.56. The van der Waals surface area contributed by atoms with Gasteiger partial charge >= 0.3 is 0 Å². The zero-order chi connectivity index (χ0) is 20.4. The van der Waals surface area contributed by atoms with Crippen LogP contribution in [0.2, 0.25) is 0 Å². The first-order chi connectivity index (χ1) is 14.0. The zero-order valence-corrected chi connectivity index (χ0v) is 17.8. The normalized spacial score (nSPS) is 16.9. The van der Waals surface area contributed by atoms with Gasteiger partial charge in [0.2, 0.25) is 11.8 Å². The standard InChI is InChI=1S/C23H25N3O2S/c1-14-11-15(2)13-18(12-14)22-25-26-23(28-22)29-16(3)21(27)24-20-10-6-8-17-7-4-5-9-19(17)20/h4-5,7,9,11-13,16,20H,6,8,10H2,1-3H3,(H,24,27)/t16-,20+/m1/s1. The Labute approximate surface area is 175 Å². The molecular formula is C23H25N3O2S. The highest BCUT2D eigenvalue weighted by atomic mass is 32.2. The Morgan fingerprint density at radius 1 is 1.17 bits per heavy atom. The summed E-state index contributed by atoms with van der Waals surface area (Å²) in [5.41, 5.74) is 5.76. The Kier molecular flexibility index (Phi) is 5.72. The van der Waals surface area contributed by atoms with Gasteiger partial charge in [-0.15, -0.1) is 10.2 Å². The van der Waals surface area contributed by atoms with Gasteiger partial charge in [0, 0.05) is 5.56 Å². The molecule has 0 fully saturated rings. The number of hydrogen-bond acceptors (Lipinski definition) is 5. The fourth-order valence-electron chi connectivity index (χ4n) is 3.87. The van der Waals surface area contributed by atoms with Crippen LogP contribution in [0.15, 0.2) is 52.1 Å². The molecule has 1 amide bonds. The maximum atomic E-state index is 12.8. The van der Waals surface area contributed by atoms with Gasteiger partial charge in [-0.25, -0.2) is 0 Å². The molecule has 5 nitrogen and oxygen atoms in total. The van der Waals surface area contributed by atoms with E-state index in [1.54, 1.807) is 0 Å². The Morgan fingerprint density at radius 2 is 1.93 bits per heavy atom. The van der Waals surface area contributed by atoms with E-state index in [0.29, 0.717) is 11.1 Å². The summed E-state index contributed by atoms with van der Waals surface area (Å²) in [4.78, 5) is 12.8. The molecule has 0 unspecified atom stereocenters. The van der Waals surface area contributed by atoms with Crippen molar-refractivity contribution in [3.05, 3.63) is 64.7 Å². The lowest BCUT2D eigenvalue weighted by Gasteiger charge is -2.27. The summed E-state index contributed by atoms with van der Waals surface area (Å²) in [5, 5.41) is 11.6. The molecule has 0 spiro atoms. The van der Waals surface area contributed by atoms with Gasteiger partial charge in [0.25, 0.3) is 5.22 Å². The molecule has 1 aliphatic carbocycles. The second-order valence-electron chi connectivity index (χ2n) is 7.66. The Balaban J connectivity index is 1.42. The van der Waals surface area contributed by atoms with Crippen molar-refractivity contribution in [2.24, 2.45) is 0 Å². The summed E-state index contributed by atoms with van der Waals surface area (Å²) in [6.07, 6.45) is 3.14. The number of aromatic nitrogens is 2. The number of carbonyl (C=O) groups is 1.